The van der Waals surface area contributed by atoms with Crippen molar-refractivity contribution in [2.45, 2.75) is 31.7 Å². The second-order valence-electron chi connectivity index (χ2n) is 5.20. The van der Waals surface area contributed by atoms with Crippen LogP contribution in [0.2, 0.25) is 0 Å². The molecule has 3 N–H and O–H groups in total. The van der Waals surface area contributed by atoms with E-state index in [9.17, 15) is 0 Å². The highest BCUT2D eigenvalue weighted by molar-refractivity contribution is 5.09. The van der Waals surface area contributed by atoms with Crippen LogP contribution in [0.3, 0.4) is 0 Å². The molecule has 1 aromatic heterocycles. The number of aryl methyl sites for hydroxylation is 1. The largest absolute Gasteiger partial charge is 0.271 e. The molecule has 5 nitrogen and oxygen atoms in total. The molecule has 16 heavy (non-hydrogen) atoms. The maximum Gasteiger partial charge on any atom is 0.0843 e. The number of rotatable bonds is 4. The van der Waals surface area contributed by atoms with E-state index >= 15 is 0 Å². The molecule has 0 amide bonds. The van der Waals surface area contributed by atoms with Gasteiger partial charge in [-0.25, -0.2) is 0 Å². The second kappa shape index (κ2) is 3.82. The number of hydrogen-bond donors (Lipinski definition) is 2. The lowest BCUT2D eigenvalue weighted by Gasteiger charge is -2.16. The first kappa shape index (κ1) is 10.2. The van der Waals surface area contributed by atoms with E-state index in [0.717, 1.165) is 29.9 Å². The van der Waals surface area contributed by atoms with E-state index in [1.807, 2.05) is 13.2 Å². The van der Waals surface area contributed by atoms with Crippen molar-refractivity contribution in [3.8, 4) is 0 Å². The highest BCUT2D eigenvalue weighted by atomic mass is 15.4. The van der Waals surface area contributed by atoms with Gasteiger partial charge in [-0.15, -0.1) is 5.10 Å². The van der Waals surface area contributed by atoms with Crippen LogP contribution in [-0.4, -0.2) is 21.0 Å². The van der Waals surface area contributed by atoms with E-state index in [-0.39, 0.29) is 0 Å². The molecule has 0 spiro atoms. The minimum absolute atomic E-state index is 0.381. The van der Waals surface area contributed by atoms with Crippen molar-refractivity contribution >= 4 is 0 Å². The molecule has 5 heteroatoms. The monoisotopic (exact) mass is 221 g/mol. The fourth-order valence-electron chi connectivity index (χ4n) is 3.49. The Hall–Kier alpha value is -0.940. The zero-order valence-corrected chi connectivity index (χ0v) is 9.63. The molecular formula is C11H19N5. The van der Waals surface area contributed by atoms with Crippen LogP contribution in [0.15, 0.2) is 6.20 Å². The molecule has 3 rings (SSSR count). The number of nitrogens with zero attached hydrogens (tertiary/aromatic N) is 3. The highest BCUT2D eigenvalue weighted by Gasteiger charge is 2.55. The van der Waals surface area contributed by atoms with Crippen molar-refractivity contribution in [3.05, 3.63) is 11.9 Å². The molecule has 1 heterocycles. The zero-order chi connectivity index (χ0) is 11.1. The summed E-state index contributed by atoms with van der Waals surface area (Å²) in [6.07, 6.45) is 7.08. The summed E-state index contributed by atoms with van der Waals surface area (Å²) in [6, 6.07) is 0.381. The minimum atomic E-state index is 0.381. The van der Waals surface area contributed by atoms with Crippen LogP contribution in [0.1, 0.15) is 25.0 Å². The van der Waals surface area contributed by atoms with Gasteiger partial charge in [-0.3, -0.25) is 16.0 Å². The standard InChI is InChI=1S/C11H19N5/c1-16-6-7(14-15-16)5-10(13-12)11-8-3-2-4-9(8)11/h6,8-11,13H,2-5,12H2,1H3. The van der Waals surface area contributed by atoms with E-state index in [0.29, 0.717) is 6.04 Å². The van der Waals surface area contributed by atoms with Gasteiger partial charge in [0, 0.05) is 25.7 Å². The molecule has 2 aliphatic carbocycles. The summed E-state index contributed by atoms with van der Waals surface area (Å²) in [6.45, 7) is 0. The molecule has 0 saturated heterocycles. The normalized spacial score (nSPS) is 33.8. The van der Waals surface area contributed by atoms with Gasteiger partial charge in [0.05, 0.1) is 5.69 Å². The fourth-order valence-corrected chi connectivity index (χ4v) is 3.49. The molecule has 2 saturated carbocycles. The van der Waals surface area contributed by atoms with Crippen LogP contribution in [0, 0.1) is 17.8 Å². The Morgan fingerprint density at radius 1 is 1.56 bits per heavy atom. The molecule has 1 aromatic rings. The molecule has 0 aliphatic heterocycles. The fraction of sp³-hybridized carbons (Fsp3) is 0.818. The van der Waals surface area contributed by atoms with E-state index < -0.39 is 0 Å². The van der Waals surface area contributed by atoms with Crippen molar-refractivity contribution in [2.75, 3.05) is 0 Å². The van der Waals surface area contributed by atoms with Crippen LogP contribution in [0.4, 0.5) is 0 Å². The lowest BCUT2D eigenvalue weighted by atomic mass is 10.0. The maximum atomic E-state index is 5.67. The van der Waals surface area contributed by atoms with Gasteiger partial charge in [-0.1, -0.05) is 11.6 Å². The van der Waals surface area contributed by atoms with Gasteiger partial charge >= 0.3 is 0 Å². The first-order chi connectivity index (χ1) is 7.79. The quantitative estimate of drug-likeness (QED) is 0.564. The summed E-state index contributed by atoms with van der Waals surface area (Å²) in [7, 11) is 1.90. The number of nitrogens with one attached hydrogen (secondary N) is 1. The summed E-state index contributed by atoms with van der Waals surface area (Å²) < 4.78 is 1.75. The van der Waals surface area contributed by atoms with Crippen molar-refractivity contribution in [2.24, 2.45) is 30.6 Å². The predicted molar refractivity (Wildman–Crippen MR) is 60.1 cm³/mol. The number of hydrazine groups is 1. The van der Waals surface area contributed by atoms with Crippen molar-refractivity contribution in [1.29, 1.82) is 0 Å². The van der Waals surface area contributed by atoms with E-state index in [4.69, 9.17) is 5.84 Å². The summed E-state index contributed by atoms with van der Waals surface area (Å²) in [5.74, 6) is 8.30. The molecule has 88 valence electrons. The van der Waals surface area contributed by atoms with Gasteiger partial charge in [-0.05, 0) is 30.6 Å². The summed E-state index contributed by atoms with van der Waals surface area (Å²) in [4.78, 5) is 0. The Balaban J connectivity index is 1.64. The van der Waals surface area contributed by atoms with Crippen LogP contribution >= 0.6 is 0 Å². The van der Waals surface area contributed by atoms with Crippen molar-refractivity contribution < 1.29 is 0 Å². The van der Waals surface area contributed by atoms with Crippen LogP contribution in [0.5, 0.6) is 0 Å². The topological polar surface area (TPSA) is 68.8 Å². The Kier molecular flexibility index (Phi) is 2.44. The summed E-state index contributed by atoms with van der Waals surface area (Å²) in [5, 5.41) is 8.08. The third-order valence-electron chi connectivity index (χ3n) is 4.23. The predicted octanol–water partition coefficient (Wildman–Crippen LogP) is 0.236. The number of fused-ring (bicyclic) bond motifs is 1. The van der Waals surface area contributed by atoms with Gasteiger partial charge < -0.3 is 0 Å². The third-order valence-corrected chi connectivity index (χ3v) is 4.23. The number of nitrogens with two attached hydrogens (primary N) is 1. The lowest BCUT2D eigenvalue weighted by molar-refractivity contribution is 0.407. The highest BCUT2D eigenvalue weighted by Crippen LogP contribution is 2.59. The molecule has 2 aliphatic rings. The van der Waals surface area contributed by atoms with Gasteiger partial charge in [0.15, 0.2) is 0 Å². The minimum Gasteiger partial charge on any atom is -0.271 e. The smallest absolute Gasteiger partial charge is 0.0843 e. The Morgan fingerprint density at radius 2 is 2.31 bits per heavy atom. The molecule has 2 fully saturated rings. The maximum absolute atomic E-state index is 5.67. The first-order valence-corrected chi connectivity index (χ1v) is 6.11. The van der Waals surface area contributed by atoms with Gasteiger partial charge in [0.25, 0.3) is 0 Å². The Morgan fingerprint density at radius 3 is 2.88 bits per heavy atom. The Bertz CT molecular complexity index is 364. The van der Waals surface area contributed by atoms with Gasteiger partial charge in [-0.2, -0.15) is 0 Å². The van der Waals surface area contributed by atoms with E-state index in [1.54, 1.807) is 4.68 Å². The van der Waals surface area contributed by atoms with Crippen LogP contribution < -0.4 is 11.3 Å². The van der Waals surface area contributed by atoms with Crippen LogP contribution in [-0.2, 0) is 13.5 Å². The zero-order valence-electron chi connectivity index (χ0n) is 9.63. The van der Waals surface area contributed by atoms with Crippen molar-refractivity contribution in [1.82, 2.24) is 20.4 Å². The molecule has 0 radical (unpaired) electrons. The van der Waals surface area contributed by atoms with Gasteiger partial charge in [0.2, 0.25) is 0 Å². The summed E-state index contributed by atoms with van der Waals surface area (Å²) >= 11 is 0. The Labute approximate surface area is 95.4 Å². The number of aromatic nitrogens is 3. The molecular weight excluding hydrogens is 202 g/mol. The molecule has 0 aromatic carbocycles. The lowest BCUT2D eigenvalue weighted by Crippen LogP contribution is -2.39. The van der Waals surface area contributed by atoms with Crippen molar-refractivity contribution in [3.63, 3.8) is 0 Å². The third kappa shape index (κ3) is 1.64. The SMILES string of the molecule is Cn1cc(CC(NN)C2C3CCCC32)nn1. The second-order valence-corrected chi connectivity index (χ2v) is 5.20. The summed E-state index contributed by atoms with van der Waals surface area (Å²) in [5.41, 5.74) is 4.01. The first-order valence-electron chi connectivity index (χ1n) is 6.11. The molecule has 3 unspecified atom stereocenters. The van der Waals surface area contributed by atoms with E-state index in [2.05, 4.69) is 15.7 Å². The average Bonchev–Trinajstić information content (AvgIpc) is 2.70. The molecule has 3 atom stereocenters. The number of hydrogen-bond acceptors (Lipinski definition) is 4. The average molecular weight is 221 g/mol. The van der Waals surface area contributed by atoms with E-state index in [1.165, 1.54) is 19.3 Å². The molecule has 0 bridgehead atoms. The van der Waals surface area contributed by atoms with Gasteiger partial charge in [0.1, 0.15) is 0 Å². The van der Waals surface area contributed by atoms with Crippen LogP contribution in [0.25, 0.3) is 0 Å².